The number of hydrogen-bond donors (Lipinski definition) is 0. The van der Waals surface area contributed by atoms with Crippen molar-refractivity contribution in [2.45, 2.75) is 155 Å². The summed E-state index contributed by atoms with van der Waals surface area (Å²) in [5.74, 6) is 0. The smallest absolute Gasteiger partial charge is 0.0351 e. The third-order valence-corrected chi connectivity index (χ3v) is 5.74. The Morgan fingerprint density at radius 2 is 0.500 bits per heavy atom. The van der Waals surface area contributed by atoms with Crippen LogP contribution in [0.2, 0.25) is 0 Å². The average Bonchev–Trinajstić information content (AvgIpc) is 2.71. The van der Waals surface area contributed by atoms with Crippen LogP contribution in [0, 0.1) is 0 Å². The quantitative estimate of drug-likeness (QED) is 0.120. The van der Waals surface area contributed by atoms with Gasteiger partial charge in [0.2, 0.25) is 0 Å². The summed E-state index contributed by atoms with van der Waals surface area (Å²) < 4.78 is 0. The molecule has 0 aliphatic rings. The monoisotopic (exact) mass is 390 g/mol. The molecule has 0 aliphatic heterocycles. The zero-order valence-corrected chi connectivity index (χ0v) is 19.9. The molecule has 0 unspecified atom stereocenters. The van der Waals surface area contributed by atoms with Gasteiger partial charge in [-0.25, -0.2) is 0 Å². The number of unbranched alkanes of at least 4 members (excludes halogenated alkanes) is 19. The second-order valence-corrected chi connectivity index (χ2v) is 8.75. The second kappa shape index (κ2) is 26.5. The van der Waals surface area contributed by atoms with E-state index in [0.29, 0.717) is 0 Å². The number of rotatable bonds is 23. The van der Waals surface area contributed by atoms with E-state index >= 15 is 0 Å². The molecule has 0 amide bonds. The zero-order valence-electron chi connectivity index (χ0n) is 19.9. The van der Waals surface area contributed by atoms with Gasteiger partial charge in [0.05, 0.1) is 0 Å². The predicted octanol–water partition coefficient (Wildman–Crippen LogP) is 10.7. The molecule has 0 radical (unpaired) electrons. The van der Waals surface area contributed by atoms with Crippen LogP contribution in [0.15, 0.2) is 24.3 Å². The van der Waals surface area contributed by atoms with Gasteiger partial charge in [-0.05, 0) is 38.5 Å². The van der Waals surface area contributed by atoms with Crippen LogP contribution in [0.3, 0.4) is 0 Å². The lowest BCUT2D eigenvalue weighted by molar-refractivity contribution is 0.528. The molecule has 0 N–H and O–H groups in total. The summed E-state index contributed by atoms with van der Waals surface area (Å²) in [5.41, 5.74) is 0. The molecule has 0 spiro atoms. The SMILES string of the molecule is CCCC=CCCCCCCCCCCCCCCCCCCC=CCCC. The fourth-order valence-electron chi connectivity index (χ4n) is 3.80. The molecule has 0 bridgehead atoms. The Morgan fingerprint density at radius 1 is 0.286 bits per heavy atom. The Balaban J connectivity index is 3.03. The summed E-state index contributed by atoms with van der Waals surface area (Å²) in [5, 5.41) is 0. The fourth-order valence-corrected chi connectivity index (χ4v) is 3.80. The highest BCUT2D eigenvalue weighted by Crippen LogP contribution is 2.14. The van der Waals surface area contributed by atoms with Gasteiger partial charge in [0, 0.05) is 0 Å². The maximum atomic E-state index is 2.39. The van der Waals surface area contributed by atoms with Gasteiger partial charge in [-0.1, -0.05) is 141 Å². The standard InChI is InChI=1S/C28H54/c1-3-5-7-9-11-13-15-17-19-21-23-25-27-28-26-24-22-20-18-16-14-12-10-8-6-4-2/h7-10H,3-6,11-28H2,1-2H3. The molecule has 0 saturated heterocycles. The highest BCUT2D eigenvalue weighted by Gasteiger charge is 1.94. The molecule has 0 nitrogen and oxygen atoms in total. The van der Waals surface area contributed by atoms with E-state index in [1.54, 1.807) is 0 Å². The molecule has 0 heterocycles. The Labute approximate surface area is 179 Å². The lowest BCUT2D eigenvalue weighted by Gasteiger charge is -2.03. The van der Waals surface area contributed by atoms with Crippen molar-refractivity contribution in [2.75, 3.05) is 0 Å². The minimum absolute atomic E-state index is 1.26. The Bertz CT molecular complexity index is 280. The zero-order chi connectivity index (χ0) is 20.4. The Hall–Kier alpha value is -0.520. The molecule has 0 fully saturated rings. The van der Waals surface area contributed by atoms with Gasteiger partial charge >= 0.3 is 0 Å². The molecule has 0 atom stereocenters. The molecule has 0 rings (SSSR count). The number of hydrogen-bond acceptors (Lipinski definition) is 0. The summed E-state index contributed by atoms with van der Waals surface area (Å²) in [4.78, 5) is 0. The predicted molar refractivity (Wildman–Crippen MR) is 131 cm³/mol. The van der Waals surface area contributed by atoms with Gasteiger partial charge < -0.3 is 0 Å². The molecule has 0 aliphatic carbocycles. The first kappa shape index (κ1) is 27.5. The first-order valence-corrected chi connectivity index (χ1v) is 13.2. The molecule has 0 aromatic carbocycles. The van der Waals surface area contributed by atoms with E-state index in [-0.39, 0.29) is 0 Å². The summed E-state index contributed by atoms with van der Waals surface area (Å²) >= 11 is 0. The van der Waals surface area contributed by atoms with Gasteiger partial charge in [-0.3, -0.25) is 0 Å². The van der Waals surface area contributed by atoms with Crippen LogP contribution in [0.4, 0.5) is 0 Å². The van der Waals surface area contributed by atoms with Crippen molar-refractivity contribution in [3.63, 3.8) is 0 Å². The normalized spacial score (nSPS) is 11.9. The minimum Gasteiger partial charge on any atom is -0.0885 e. The van der Waals surface area contributed by atoms with Crippen molar-refractivity contribution >= 4 is 0 Å². The number of allylic oxidation sites excluding steroid dienone is 4. The van der Waals surface area contributed by atoms with Crippen molar-refractivity contribution in [3.8, 4) is 0 Å². The first-order valence-electron chi connectivity index (χ1n) is 13.2. The van der Waals surface area contributed by atoms with Crippen molar-refractivity contribution in [2.24, 2.45) is 0 Å². The summed E-state index contributed by atoms with van der Waals surface area (Å²) in [6.45, 7) is 4.50. The van der Waals surface area contributed by atoms with E-state index < -0.39 is 0 Å². The Kier molecular flexibility index (Phi) is 26.0. The summed E-state index contributed by atoms with van der Waals surface area (Å²) in [6.07, 6.45) is 40.5. The van der Waals surface area contributed by atoms with Crippen LogP contribution in [0.5, 0.6) is 0 Å². The van der Waals surface area contributed by atoms with Crippen LogP contribution < -0.4 is 0 Å². The first-order chi connectivity index (χ1) is 13.9. The summed E-state index contributed by atoms with van der Waals surface area (Å²) in [7, 11) is 0. The second-order valence-electron chi connectivity index (χ2n) is 8.75. The largest absolute Gasteiger partial charge is 0.0885 e. The van der Waals surface area contributed by atoms with Gasteiger partial charge in [0.15, 0.2) is 0 Å². The van der Waals surface area contributed by atoms with Crippen LogP contribution in [-0.4, -0.2) is 0 Å². The molecule has 0 aromatic rings. The lowest BCUT2D eigenvalue weighted by Crippen LogP contribution is -1.84. The van der Waals surface area contributed by atoms with E-state index in [0.717, 1.165) is 0 Å². The highest BCUT2D eigenvalue weighted by atomic mass is 14.0. The minimum atomic E-state index is 1.26. The highest BCUT2D eigenvalue weighted by molar-refractivity contribution is 4.81. The van der Waals surface area contributed by atoms with Crippen LogP contribution >= 0.6 is 0 Å². The maximum Gasteiger partial charge on any atom is -0.0351 e. The summed E-state index contributed by atoms with van der Waals surface area (Å²) in [6, 6.07) is 0. The third-order valence-electron chi connectivity index (χ3n) is 5.74. The molecule has 0 heteroatoms. The van der Waals surface area contributed by atoms with Gasteiger partial charge in [0.25, 0.3) is 0 Å². The van der Waals surface area contributed by atoms with Crippen molar-refractivity contribution in [1.82, 2.24) is 0 Å². The molecular formula is C28H54. The maximum absolute atomic E-state index is 2.39. The third kappa shape index (κ3) is 25.5. The topological polar surface area (TPSA) is 0 Å². The fraction of sp³-hybridized carbons (Fsp3) is 0.857. The average molecular weight is 391 g/mol. The molecule has 0 saturated carbocycles. The van der Waals surface area contributed by atoms with E-state index in [2.05, 4.69) is 38.2 Å². The van der Waals surface area contributed by atoms with Crippen LogP contribution in [0.25, 0.3) is 0 Å². The molecule has 0 aromatic heterocycles. The van der Waals surface area contributed by atoms with E-state index in [9.17, 15) is 0 Å². The van der Waals surface area contributed by atoms with Crippen molar-refractivity contribution < 1.29 is 0 Å². The molecular weight excluding hydrogens is 336 g/mol. The van der Waals surface area contributed by atoms with Gasteiger partial charge in [-0.2, -0.15) is 0 Å². The van der Waals surface area contributed by atoms with Crippen molar-refractivity contribution in [3.05, 3.63) is 24.3 Å². The van der Waals surface area contributed by atoms with Gasteiger partial charge in [0.1, 0.15) is 0 Å². The van der Waals surface area contributed by atoms with Crippen LogP contribution in [-0.2, 0) is 0 Å². The van der Waals surface area contributed by atoms with E-state index in [1.807, 2.05) is 0 Å². The van der Waals surface area contributed by atoms with Crippen molar-refractivity contribution in [1.29, 1.82) is 0 Å². The molecule has 28 heavy (non-hydrogen) atoms. The van der Waals surface area contributed by atoms with Crippen LogP contribution in [0.1, 0.15) is 155 Å². The lowest BCUT2D eigenvalue weighted by atomic mass is 10.0. The van der Waals surface area contributed by atoms with E-state index in [1.165, 1.54) is 141 Å². The van der Waals surface area contributed by atoms with E-state index in [4.69, 9.17) is 0 Å². The van der Waals surface area contributed by atoms with Gasteiger partial charge in [-0.15, -0.1) is 0 Å². The Morgan fingerprint density at radius 3 is 0.750 bits per heavy atom. The molecule has 166 valence electrons.